The second kappa shape index (κ2) is 7.43. The number of hydrogen-bond donors (Lipinski definition) is 1. The molecule has 0 aliphatic rings. The second-order valence-electron chi connectivity index (χ2n) is 5.22. The summed E-state index contributed by atoms with van der Waals surface area (Å²) in [4.78, 5) is 17.0. The number of pyridine rings is 1. The van der Waals surface area contributed by atoms with Gasteiger partial charge in [-0.3, -0.25) is 4.79 Å². The molecule has 0 fully saturated rings. The number of hydrogen-bond acceptors (Lipinski definition) is 3. The molecule has 0 spiro atoms. The minimum atomic E-state index is -0.325. The van der Waals surface area contributed by atoms with Crippen molar-refractivity contribution < 1.29 is 4.79 Å². The maximum Gasteiger partial charge on any atom is 0.237 e. The number of amides is 1. The Morgan fingerprint density at radius 1 is 1.12 bits per heavy atom. The molecule has 2 aromatic carbocycles. The van der Waals surface area contributed by atoms with E-state index in [1.165, 1.54) is 11.8 Å². The minimum absolute atomic E-state index is 0.154. The number of nitrogens with zero attached hydrogens (tertiary/aromatic N) is 1. The number of rotatable bonds is 4. The van der Waals surface area contributed by atoms with Gasteiger partial charge in [-0.2, -0.15) is 0 Å². The standard InChI is InChI=1S/C18H14Cl2N2OS/c1-11(18(23)22-16-10-13(19)7-8-14(16)20)24-17-9-6-12-4-2-3-5-15(12)21-17/h2-11H,1H3,(H,22,23). The first-order valence-corrected chi connectivity index (χ1v) is 8.95. The number of thioether (sulfide) groups is 1. The molecule has 3 rings (SSSR count). The lowest BCUT2D eigenvalue weighted by molar-refractivity contribution is -0.115. The average Bonchev–Trinajstić information content (AvgIpc) is 2.58. The van der Waals surface area contributed by atoms with Gasteiger partial charge in [0.2, 0.25) is 5.91 Å². The monoisotopic (exact) mass is 376 g/mol. The fourth-order valence-corrected chi connectivity index (χ4v) is 3.34. The van der Waals surface area contributed by atoms with Crippen molar-refractivity contribution in [2.75, 3.05) is 5.32 Å². The number of aromatic nitrogens is 1. The van der Waals surface area contributed by atoms with E-state index in [-0.39, 0.29) is 11.2 Å². The minimum Gasteiger partial charge on any atom is -0.324 e. The van der Waals surface area contributed by atoms with Crippen molar-refractivity contribution in [3.05, 3.63) is 64.6 Å². The Balaban J connectivity index is 1.72. The summed E-state index contributed by atoms with van der Waals surface area (Å²) < 4.78 is 0. The van der Waals surface area contributed by atoms with E-state index in [1.54, 1.807) is 18.2 Å². The highest BCUT2D eigenvalue weighted by Gasteiger charge is 2.17. The molecule has 122 valence electrons. The van der Waals surface area contributed by atoms with Crippen LogP contribution in [0.15, 0.2) is 59.6 Å². The summed E-state index contributed by atoms with van der Waals surface area (Å²) in [6.07, 6.45) is 0. The van der Waals surface area contributed by atoms with Crippen LogP contribution in [0.1, 0.15) is 6.92 Å². The van der Waals surface area contributed by atoms with Crippen LogP contribution in [-0.4, -0.2) is 16.1 Å². The lowest BCUT2D eigenvalue weighted by atomic mass is 10.2. The molecule has 1 atom stereocenters. The number of fused-ring (bicyclic) bond motifs is 1. The van der Waals surface area contributed by atoms with Crippen molar-refractivity contribution in [2.24, 2.45) is 0 Å². The smallest absolute Gasteiger partial charge is 0.237 e. The molecule has 0 radical (unpaired) electrons. The molecular formula is C18H14Cl2N2OS. The van der Waals surface area contributed by atoms with Crippen LogP contribution < -0.4 is 5.32 Å². The van der Waals surface area contributed by atoms with Crippen molar-refractivity contribution in [3.8, 4) is 0 Å². The molecule has 0 bridgehead atoms. The topological polar surface area (TPSA) is 42.0 Å². The molecular weight excluding hydrogens is 363 g/mol. The van der Waals surface area contributed by atoms with Crippen molar-refractivity contribution in [1.82, 2.24) is 4.98 Å². The summed E-state index contributed by atoms with van der Waals surface area (Å²) in [7, 11) is 0. The Hall–Kier alpha value is -1.75. The fourth-order valence-electron chi connectivity index (χ4n) is 2.18. The first-order chi connectivity index (χ1) is 11.5. The van der Waals surface area contributed by atoms with Gasteiger partial charge in [0.25, 0.3) is 0 Å². The molecule has 24 heavy (non-hydrogen) atoms. The molecule has 0 aliphatic heterocycles. The van der Waals surface area contributed by atoms with Gasteiger partial charge >= 0.3 is 0 Å². The van der Waals surface area contributed by atoms with Gasteiger partial charge in [0.1, 0.15) is 0 Å². The van der Waals surface area contributed by atoms with Crippen molar-refractivity contribution >= 4 is 57.5 Å². The zero-order valence-electron chi connectivity index (χ0n) is 12.8. The normalized spacial score (nSPS) is 12.1. The maximum atomic E-state index is 12.4. The average molecular weight is 377 g/mol. The summed E-state index contributed by atoms with van der Waals surface area (Å²) in [5, 5.41) is 5.32. The fraction of sp³-hybridized carbons (Fsp3) is 0.111. The zero-order valence-corrected chi connectivity index (χ0v) is 15.1. The molecule has 0 saturated heterocycles. The van der Waals surface area contributed by atoms with Crippen molar-refractivity contribution in [2.45, 2.75) is 17.2 Å². The van der Waals surface area contributed by atoms with Gasteiger partial charge in [0.05, 0.1) is 26.5 Å². The van der Waals surface area contributed by atoms with Crippen LogP contribution in [-0.2, 0) is 4.79 Å². The molecule has 6 heteroatoms. The van der Waals surface area contributed by atoms with Gasteiger partial charge in [-0.1, -0.05) is 59.2 Å². The van der Waals surface area contributed by atoms with Crippen LogP contribution in [0, 0.1) is 0 Å². The number of benzene rings is 2. The quantitative estimate of drug-likeness (QED) is 0.597. The van der Waals surface area contributed by atoms with E-state index in [4.69, 9.17) is 23.2 Å². The van der Waals surface area contributed by atoms with Gasteiger partial charge in [-0.25, -0.2) is 4.98 Å². The summed E-state index contributed by atoms with van der Waals surface area (Å²) in [6, 6.07) is 16.8. The Labute approximate surface area is 154 Å². The number of carbonyl (C=O) groups excluding carboxylic acids is 1. The molecule has 0 aliphatic carbocycles. The van der Waals surface area contributed by atoms with Crippen LogP contribution in [0.5, 0.6) is 0 Å². The molecule has 1 unspecified atom stereocenters. The highest BCUT2D eigenvalue weighted by molar-refractivity contribution is 8.00. The Morgan fingerprint density at radius 3 is 2.75 bits per heavy atom. The van der Waals surface area contributed by atoms with Crippen LogP contribution in [0.3, 0.4) is 0 Å². The number of nitrogens with one attached hydrogen (secondary N) is 1. The second-order valence-corrected chi connectivity index (χ2v) is 7.42. The Kier molecular flexibility index (Phi) is 5.29. The van der Waals surface area contributed by atoms with Crippen LogP contribution in [0.25, 0.3) is 10.9 Å². The lowest BCUT2D eigenvalue weighted by Crippen LogP contribution is -2.22. The summed E-state index contributed by atoms with van der Waals surface area (Å²) in [5.41, 5.74) is 1.42. The molecule has 1 amide bonds. The molecule has 3 aromatic rings. The SMILES string of the molecule is CC(Sc1ccc2ccccc2n1)C(=O)Nc1cc(Cl)ccc1Cl. The predicted octanol–water partition coefficient (Wildman–Crippen LogP) is 5.66. The largest absolute Gasteiger partial charge is 0.324 e. The third kappa shape index (κ3) is 4.01. The van der Waals surface area contributed by atoms with Crippen molar-refractivity contribution in [1.29, 1.82) is 0 Å². The van der Waals surface area contributed by atoms with E-state index in [9.17, 15) is 4.79 Å². The number of para-hydroxylation sites is 1. The molecule has 0 saturated carbocycles. The first kappa shape index (κ1) is 17.1. The van der Waals surface area contributed by atoms with Gasteiger partial charge in [0.15, 0.2) is 0 Å². The van der Waals surface area contributed by atoms with E-state index in [1.807, 2.05) is 43.3 Å². The predicted molar refractivity (Wildman–Crippen MR) is 102 cm³/mol. The summed E-state index contributed by atoms with van der Waals surface area (Å²) in [6.45, 7) is 1.83. The molecule has 3 nitrogen and oxygen atoms in total. The molecule has 1 N–H and O–H groups in total. The number of halogens is 2. The van der Waals surface area contributed by atoms with Gasteiger partial charge in [-0.05, 0) is 37.3 Å². The number of carbonyl (C=O) groups is 1. The lowest BCUT2D eigenvalue weighted by Gasteiger charge is -2.13. The van der Waals surface area contributed by atoms with Gasteiger partial charge in [-0.15, -0.1) is 0 Å². The highest BCUT2D eigenvalue weighted by atomic mass is 35.5. The van der Waals surface area contributed by atoms with E-state index < -0.39 is 0 Å². The third-order valence-corrected chi connectivity index (χ3v) is 5.03. The van der Waals surface area contributed by atoms with Crippen LogP contribution >= 0.6 is 35.0 Å². The third-order valence-electron chi connectivity index (χ3n) is 3.43. The van der Waals surface area contributed by atoms with Gasteiger partial charge < -0.3 is 5.32 Å². The highest BCUT2D eigenvalue weighted by Crippen LogP contribution is 2.28. The van der Waals surface area contributed by atoms with Crippen molar-refractivity contribution in [3.63, 3.8) is 0 Å². The van der Waals surface area contributed by atoms with Crippen LogP contribution in [0.4, 0.5) is 5.69 Å². The van der Waals surface area contributed by atoms with E-state index >= 15 is 0 Å². The Bertz CT molecular complexity index is 901. The van der Waals surface area contributed by atoms with E-state index in [2.05, 4.69) is 10.3 Å². The van der Waals surface area contributed by atoms with E-state index in [0.29, 0.717) is 15.7 Å². The maximum absolute atomic E-state index is 12.4. The van der Waals surface area contributed by atoms with E-state index in [0.717, 1.165) is 15.9 Å². The van der Waals surface area contributed by atoms with Gasteiger partial charge in [0, 0.05) is 10.4 Å². The molecule has 1 aromatic heterocycles. The Morgan fingerprint density at radius 2 is 1.92 bits per heavy atom. The van der Waals surface area contributed by atoms with Crippen LogP contribution in [0.2, 0.25) is 10.0 Å². The molecule has 1 heterocycles. The first-order valence-electron chi connectivity index (χ1n) is 7.31. The summed E-state index contributed by atoms with van der Waals surface area (Å²) in [5.74, 6) is -0.154. The summed E-state index contributed by atoms with van der Waals surface area (Å²) >= 11 is 13.4. The zero-order chi connectivity index (χ0) is 17.1. The number of anilines is 1.